The van der Waals surface area contributed by atoms with Crippen LogP contribution in [-0.2, 0) is 9.59 Å². The summed E-state index contributed by atoms with van der Waals surface area (Å²) in [6.07, 6.45) is 0.133. The van der Waals surface area contributed by atoms with Gasteiger partial charge in [0.15, 0.2) is 0 Å². The van der Waals surface area contributed by atoms with Crippen molar-refractivity contribution in [2.45, 2.75) is 18.5 Å². The zero-order valence-electron chi connectivity index (χ0n) is 12.9. The van der Waals surface area contributed by atoms with Crippen LogP contribution in [-0.4, -0.2) is 72.4 Å². The van der Waals surface area contributed by atoms with Crippen molar-refractivity contribution in [1.29, 1.82) is 0 Å². The minimum atomic E-state index is -0.826. The van der Waals surface area contributed by atoms with Crippen LogP contribution < -0.4 is 27.8 Å². The molecular weight excluding hydrogens is 322 g/mol. The first-order valence-electron chi connectivity index (χ1n) is 7.06. The molecule has 0 aromatic rings. The fourth-order valence-electron chi connectivity index (χ4n) is 1.91. The van der Waals surface area contributed by atoms with Crippen molar-refractivity contribution in [2.24, 2.45) is 22.2 Å². The van der Waals surface area contributed by atoms with E-state index >= 15 is 0 Å². The second kappa shape index (κ2) is 9.33. The van der Waals surface area contributed by atoms with Crippen LogP contribution >= 0.6 is 11.8 Å². The minimum absolute atomic E-state index is 0.0190. The summed E-state index contributed by atoms with van der Waals surface area (Å²) in [6.45, 7) is 0.605. The van der Waals surface area contributed by atoms with Gasteiger partial charge in [-0.1, -0.05) is 0 Å². The maximum atomic E-state index is 12.2. The third-order valence-corrected chi connectivity index (χ3v) is 4.29. The first-order chi connectivity index (χ1) is 10.8. The molecule has 1 heterocycles. The molecule has 1 aliphatic heterocycles. The van der Waals surface area contributed by atoms with Gasteiger partial charge in [0, 0.05) is 37.6 Å². The van der Waals surface area contributed by atoms with Crippen molar-refractivity contribution >= 4 is 35.6 Å². The summed E-state index contributed by atoms with van der Waals surface area (Å²) in [5.74, 6) is 0.707. The van der Waals surface area contributed by atoms with Crippen molar-refractivity contribution in [3.05, 3.63) is 0 Å². The number of carbonyl (C=O) groups is 3. The van der Waals surface area contributed by atoms with Crippen LogP contribution in [0, 0.1) is 0 Å². The maximum absolute atomic E-state index is 12.2. The molecule has 0 aliphatic carbocycles. The molecule has 4 amide bonds. The number of primary amides is 1. The smallest absolute Gasteiger partial charge is 0.318 e. The Balaban J connectivity index is 2.51. The minimum Gasteiger partial charge on any atom is -0.351 e. The second-order valence-electron chi connectivity index (χ2n) is 5.02. The molecule has 0 aromatic heterocycles. The molecular formula is C12H23N7O3S. The third-order valence-electron chi connectivity index (χ3n) is 3.10. The quantitative estimate of drug-likeness (QED) is 0.316. The summed E-state index contributed by atoms with van der Waals surface area (Å²) in [5, 5.41) is 4.57. The van der Waals surface area contributed by atoms with Crippen LogP contribution in [0.3, 0.4) is 0 Å². The van der Waals surface area contributed by atoms with E-state index in [1.165, 1.54) is 11.9 Å². The molecule has 0 bridgehead atoms. The molecule has 1 rings (SSSR count). The number of likely N-dealkylation sites (N-methyl/N-ethyl adjacent to an activating group) is 1. The summed E-state index contributed by atoms with van der Waals surface area (Å²) in [7, 11) is 1.52. The number of aliphatic imine (C=N–C) groups is 1. The van der Waals surface area contributed by atoms with E-state index < -0.39 is 18.0 Å². The second-order valence-corrected chi connectivity index (χ2v) is 6.17. The Bertz CT molecular complexity index is 485. The fourth-order valence-corrected chi connectivity index (χ4v) is 2.66. The van der Waals surface area contributed by atoms with Crippen LogP contribution in [0.1, 0.15) is 6.42 Å². The molecule has 23 heavy (non-hydrogen) atoms. The Hall–Kier alpha value is -1.85. The zero-order valence-corrected chi connectivity index (χ0v) is 13.8. The van der Waals surface area contributed by atoms with Crippen LogP contribution in [0.2, 0.25) is 0 Å². The number of nitrogens with zero attached hydrogens (tertiary/aromatic N) is 2. The number of urea groups is 1. The Labute approximate surface area is 138 Å². The average Bonchev–Trinajstić information content (AvgIpc) is 2.46. The summed E-state index contributed by atoms with van der Waals surface area (Å²) >= 11 is 1.58. The molecule has 0 saturated carbocycles. The summed E-state index contributed by atoms with van der Waals surface area (Å²) in [4.78, 5) is 40.2. The largest absolute Gasteiger partial charge is 0.351 e. The van der Waals surface area contributed by atoms with Gasteiger partial charge in [-0.2, -0.15) is 11.8 Å². The lowest BCUT2D eigenvalue weighted by molar-refractivity contribution is -0.138. The van der Waals surface area contributed by atoms with E-state index in [2.05, 4.69) is 15.6 Å². The van der Waals surface area contributed by atoms with Crippen molar-refractivity contribution < 1.29 is 14.4 Å². The summed E-state index contributed by atoms with van der Waals surface area (Å²) in [5.41, 5.74) is 16.2. The van der Waals surface area contributed by atoms with Gasteiger partial charge in [-0.15, -0.1) is 0 Å². The molecule has 130 valence electrons. The van der Waals surface area contributed by atoms with Gasteiger partial charge in [-0.3, -0.25) is 20.2 Å². The molecule has 0 saturated heterocycles. The molecule has 1 aliphatic rings. The molecule has 11 heteroatoms. The SMILES string of the molecule is CN(C(=O)C[C@@H](N)CSCCN)C1CN=C(NC(N)=O)NC1=O. The number of hydrogen-bond acceptors (Lipinski definition) is 7. The maximum Gasteiger partial charge on any atom is 0.318 e. The Kier molecular flexibility index (Phi) is 7.78. The number of hydrogen-bond donors (Lipinski definition) is 5. The predicted octanol–water partition coefficient (Wildman–Crippen LogP) is -2.62. The van der Waals surface area contributed by atoms with E-state index in [1.54, 1.807) is 11.8 Å². The van der Waals surface area contributed by atoms with E-state index in [4.69, 9.17) is 17.2 Å². The normalized spacial score (nSPS) is 18.7. The third kappa shape index (κ3) is 6.42. The predicted molar refractivity (Wildman–Crippen MR) is 88.7 cm³/mol. The van der Waals surface area contributed by atoms with Gasteiger partial charge in [0.2, 0.25) is 11.9 Å². The number of carbonyl (C=O) groups excluding carboxylic acids is 3. The topological polar surface area (TPSA) is 169 Å². The van der Waals surface area contributed by atoms with Gasteiger partial charge < -0.3 is 22.1 Å². The van der Waals surface area contributed by atoms with E-state index in [1.807, 2.05) is 0 Å². The molecule has 0 spiro atoms. The molecule has 0 radical (unpaired) electrons. The van der Waals surface area contributed by atoms with Crippen molar-refractivity contribution in [1.82, 2.24) is 15.5 Å². The van der Waals surface area contributed by atoms with Crippen molar-refractivity contribution in [3.8, 4) is 0 Å². The molecule has 1 unspecified atom stereocenters. The highest BCUT2D eigenvalue weighted by molar-refractivity contribution is 7.99. The Morgan fingerprint density at radius 1 is 1.57 bits per heavy atom. The monoisotopic (exact) mass is 345 g/mol. The summed E-state index contributed by atoms with van der Waals surface area (Å²) in [6, 6.07) is -1.87. The standard InChI is InChI=1S/C12H23N7O3S/c1-19(9(20)4-7(14)6-23-3-2-13)8-5-16-12(17-10(8)21)18-11(15)22/h7-8H,2-6,13-14H2,1H3,(H4,15,16,17,18,21,22)/t7-,8?/m1/s1. The number of nitrogens with two attached hydrogens (primary N) is 3. The number of nitrogens with one attached hydrogen (secondary N) is 2. The van der Waals surface area contributed by atoms with Gasteiger partial charge in [-0.05, 0) is 0 Å². The number of thioether (sulfide) groups is 1. The highest BCUT2D eigenvalue weighted by Crippen LogP contribution is 2.08. The molecule has 8 N–H and O–H groups in total. The van der Waals surface area contributed by atoms with E-state index in [0.717, 1.165) is 5.75 Å². The molecule has 2 atom stereocenters. The zero-order chi connectivity index (χ0) is 17.4. The number of guanidine groups is 1. The van der Waals surface area contributed by atoms with Crippen LogP contribution in [0.4, 0.5) is 4.79 Å². The fraction of sp³-hybridized carbons (Fsp3) is 0.667. The van der Waals surface area contributed by atoms with Crippen molar-refractivity contribution in [2.75, 3.05) is 31.6 Å². The molecule has 0 aromatic carbocycles. The molecule has 0 fully saturated rings. The molecule has 10 nitrogen and oxygen atoms in total. The first-order valence-corrected chi connectivity index (χ1v) is 8.21. The van der Waals surface area contributed by atoms with Crippen LogP contribution in [0.25, 0.3) is 0 Å². The Morgan fingerprint density at radius 2 is 2.26 bits per heavy atom. The average molecular weight is 345 g/mol. The number of amides is 4. The van der Waals surface area contributed by atoms with E-state index in [9.17, 15) is 14.4 Å². The van der Waals surface area contributed by atoms with Gasteiger partial charge in [0.25, 0.3) is 5.91 Å². The van der Waals surface area contributed by atoms with Gasteiger partial charge in [-0.25, -0.2) is 9.79 Å². The first kappa shape index (κ1) is 19.2. The van der Waals surface area contributed by atoms with Crippen LogP contribution in [0.5, 0.6) is 0 Å². The number of rotatable bonds is 7. The lowest BCUT2D eigenvalue weighted by Gasteiger charge is -2.30. The van der Waals surface area contributed by atoms with Crippen LogP contribution in [0.15, 0.2) is 4.99 Å². The lowest BCUT2D eigenvalue weighted by atomic mass is 10.1. The Morgan fingerprint density at radius 3 is 2.83 bits per heavy atom. The van der Waals surface area contributed by atoms with Gasteiger partial charge >= 0.3 is 6.03 Å². The van der Waals surface area contributed by atoms with Gasteiger partial charge in [0.1, 0.15) is 6.04 Å². The van der Waals surface area contributed by atoms with Crippen molar-refractivity contribution in [3.63, 3.8) is 0 Å². The highest BCUT2D eigenvalue weighted by Gasteiger charge is 2.31. The highest BCUT2D eigenvalue weighted by atomic mass is 32.2. The van der Waals surface area contributed by atoms with E-state index in [-0.39, 0.29) is 30.9 Å². The van der Waals surface area contributed by atoms with E-state index in [0.29, 0.717) is 12.3 Å². The van der Waals surface area contributed by atoms with Gasteiger partial charge in [0.05, 0.1) is 6.54 Å². The summed E-state index contributed by atoms with van der Waals surface area (Å²) < 4.78 is 0. The lowest BCUT2D eigenvalue weighted by Crippen LogP contribution is -2.58.